The van der Waals surface area contributed by atoms with Gasteiger partial charge in [0.25, 0.3) is 0 Å². The van der Waals surface area contributed by atoms with E-state index in [4.69, 9.17) is 10.5 Å². The van der Waals surface area contributed by atoms with Crippen molar-refractivity contribution >= 4 is 0 Å². The zero-order chi connectivity index (χ0) is 11.4. The minimum absolute atomic E-state index is 0.350. The van der Waals surface area contributed by atoms with Gasteiger partial charge in [-0.3, -0.25) is 5.10 Å². The number of rotatable bonds is 4. The predicted octanol–water partition coefficient (Wildman–Crippen LogP) is 0.863. The van der Waals surface area contributed by atoms with E-state index in [1.807, 2.05) is 24.3 Å². The van der Waals surface area contributed by atoms with Crippen LogP contribution in [0.4, 0.5) is 0 Å². The van der Waals surface area contributed by atoms with E-state index in [0.717, 1.165) is 17.1 Å². The fourth-order valence-corrected chi connectivity index (χ4v) is 1.53. The molecule has 0 saturated carbocycles. The number of aromatic amines is 1. The number of H-pyrrole nitrogens is 1. The van der Waals surface area contributed by atoms with Crippen LogP contribution in [0.1, 0.15) is 17.2 Å². The van der Waals surface area contributed by atoms with Crippen LogP contribution in [-0.4, -0.2) is 22.3 Å². The molecule has 0 atom stereocenters. The molecule has 2 rings (SSSR count). The van der Waals surface area contributed by atoms with E-state index in [1.54, 1.807) is 7.11 Å². The average molecular weight is 218 g/mol. The fraction of sp³-hybridized carbons (Fsp3) is 0.273. The molecule has 0 spiro atoms. The van der Waals surface area contributed by atoms with E-state index >= 15 is 0 Å². The molecular formula is C11H14N4O. The van der Waals surface area contributed by atoms with Gasteiger partial charge in [0.15, 0.2) is 5.82 Å². The molecule has 0 amide bonds. The number of hydrogen-bond acceptors (Lipinski definition) is 4. The van der Waals surface area contributed by atoms with Crippen molar-refractivity contribution in [2.24, 2.45) is 5.73 Å². The second-order valence-electron chi connectivity index (χ2n) is 3.39. The molecule has 1 aromatic carbocycles. The Hall–Kier alpha value is -1.88. The molecule has 5 heteroatoms. The van der Waals surface area contributed by atoms with Crippen LogP contribution in [0, 0.1) is 0 Å². The molecule has 84 valence electrons. The highest BCUT2D eigenvalue weighted by Crippen LogP contribution is 2.19. The quantitative estimate of drug-likeness (QED) is 0.798. The molecule has 0 bridgehead atoms. The summed E-state index contributed by atoms with van der Waals surface area (Å²) in [6, 6.07) is 7.84. The topological polar surface area (TPSA) is 76.8 Å². The molecule has 1 heterocycles. The molecule has 0 aliphatic carbocycles. The minimum atomic E-state index is 0.350. The molecular weight excluding hydrogens is 204 g/mol. The standard InChI is InChI=1S/C11H14N4O/c1-16-9-5-3-2-4-8(9)6-10-13-11(7-12)15-14-10/h2-5H,6-7,12H2,1H3,(H,13,14,15). The van der Waals surface area contributed by atoms with Crippen LogP contribution < -0.4 is 10.5 Å². The molecule has 2 aromatic rings. The van der Waals surface area contributed by atoms with Gasteiger partial charge in [-0.1, -0.05) is 18.2 Å². The van der Waals surface area contributed by atoms with E-state index in [1.165, 1.54) is 0 Å². The summed E-state index contributed by atoms with van der Waals surface area (Å²) in [6.07, 6.45) is 0.664. The van der Waals surface area contributed by atoms with E-state index in [-0.39, 0.29) is 0 Å². The zero-order valence-electron chi connectivity index (χ0n) is 9.10. The van der Waals surface area contributed by atoms with Crippen molar-refractivity contribution in [1.82, 2.24) is 15.2 Å². The number of nitrogens with zero attached hydrogens (tertiary/aromatic N) is 2. The van der Waals surface area contributed by atoms with Crippen LogP contribution in [0.5, 0.6) is 5.75 Å². The summed E-state index contributed by atoms with van der Waals surface area (Å²) in [5.74, 6) is 2.28. The van der Waals surface area contributed by atoms with E-state index in [9.17, 15) is 0 Å². The van der Waals surface area contributed by atoms with E-state index < -0.39 is 0 Å². The number of methoxy groups -OCH3 is 1. The van der Waals surface area contributed by atoms with Gasteiger partial charge in [-0.2, -0.15) is 5.10 Å². The Morgan fingerprint density at radius 1 is 1.38 bits per heavy atom. The zero-order valence-corrected chi connectivity index (χ0v) is 9.10. The van der Waals surface area contributed by atoms with Crippen molar-refractivity contribution in [2.45, 2.75) is 13.0 Å². The predicted molar refractivity (Wildman–Crippen MR) is 60.1 cm³/mol. The summed E-state index contributed by atoms with van der Waals surface area (Å²) in [7, 11) is 1.66. The van der Waals surface area contributed by atoms with Crippen molar-refractivity contribution in [3.05, 3.63) is 41.5 Å². The lowest BCUT2D eigenvalue weighted by atomic mass is 10.1. The van der Waals surface area contributed by atoms with Gasteiger partial charge in [0.2, 0.25) is 0 Å². The maximum Gasteiger partial charge on any atom is 0.164 e. The Balaban J connectivity index is 2.19. The largest absolute Gasteiger partial charge is 0.496 e. The summed E-state index contributed by atoms with van der Waals surface area (Å²) in [5, 5.41) is 6.84. The number of para-hydroxylation sites is 1. The third-order valence-electron chi connectivity index (χ3n) is 2.31. The third kappa shape index (κ3) is 2.20. The maximum absolute atomic E-state index is 5.44. The molecule has 16 heavy (non-hydrogen) atoms. The number of ether oxygens (including phenoxy) is 1. The van der Waals surface area contributed by atoms with Gasteiger partial charge < -0.3 is 10.5 Å². The van der Waals surface area contributed by atoms with Gasteiger partial charge in [-0.25, -0.2) is 4.98 Å². The highest BCUT2D eigenvalue weighted by molar-refractivity contribution is 5.35. The second kappa shape index (κ2) is 4.76. The van der Waals surface area contributed by atoms with Gasteiger partial charge in [0.05, 0.1) is 13.7 Å². The molecule has 5 nitrogen and oxygen atoms in total. The lowest BCUT2D eigenvalue weighted by Gasteiger charge is -2.05. The summed E-state index contributed by atoms with van der Waals surface area (Å²) in [6.45, 7) is 0.350. The van der Waals surface area contributed by atoms with Crippen LogP contribution in [0.3, 0.4) is 0 Å². The summed E-state index contributed by atoms with van der Waals surface area (Å²) in [5.41, 5.74) is 6.52. The Labute approximate surface area is 93.7 Å². The second-order valence-corrected chi connectivity index (χ2v) is 3.39. The van der Waals surface area contributed by atoms with Crippen molar-refractivity contribution < 1.29 is 4.74 Å². The van der Waals surface area contributed by atoms with Gasteiger partial charge in [0, 0.05) is 12.0 Å². The Morgan fingerprint density at radius 2 is 2.19 bits per heavy atom. The lowest BCUT2D eigenvalue weighted by molar-refractivity contribution is 0.410. The van der Waals surface area contributed by atoms with Crippen molar-refractivity contribution in [2.75, 3.05) is 7.11 Å². The molecule has 0 radical (unpaired) electrons. The van der Waals surface area contributed by atoms with E-state index in [2.05, 4.69) is 15.2 Å². The van der Waals surface area contributed by atoms with Crippen LogP contribution in [-0.2, 0) is 13.0 Å². The van der Waals surface area contributed by atoms with Crippen LogP contribution in [0.25, 0.3) is 0 Å². The number of benzene rings is 1. The van der Waals surface area contributed by atoms with Gasteiger partial charge in [-0.05, 0) is 6.07 Å². The lowest BCUT2D eigenvalue weighted by Crippen LogP contribution is -1.99. The van der Waals surface area contributed by atoms with E-state index in [0.29, 0.717) is 18.8 Å². The third-order valence-corrected chi connectivity index (χ3v) is 2.31. The Bertz CT molecular complexity index is 467. The minimum Gasteiger partial charge on any atom is -0.496 e. The van der Waals surface area contributed by atoms with Crippen molar-refractivity contribution in [3.8, 4) is 5.75 Å². The van der Waals surface area contributed by atoms with Gasteiger partial charge in [0.1, 0.15) is 11.6 Å². The van der Waals surface area contributed by atoms with Crippen LogP contribution in [0.2, 0.25) is 0 Å². The molecule has 0 aliphatic heterocycles. The maximum atomic E-state index is 5.44. The fourth-order valence-electron chi connectivity index (χ4n) is 1.53. The normalized spacial score (nSPS) is 10.4. The molecule has 0 unspecified atom stereocenters. The molecule has 0 aliphatic rings. The van der Waals surface area contributed by atoms with Gasteiger partial charge >= 0.3 is 0 Å². The van der Waals surface area contributed by atoms with Crippen LogP contribution in [0.15, 0.2) is 24.3 Å². The summed E-state index contributed by atoms with van der Waals surface area (Å²) in [4.78, 5) is 4.25. The molecule has 0 fully saturated rings. The number of aromatic nitrogens is 3. The van der Waals surface area contributed by atoms with Gasteiger partial charge in [-0.15, -0.1) is 0 Å². The van der Waals surface area contributed by atoms with Crippen LogP contribution >= 0.6 is 0 Å². The first-order chi connectivity index (χ1) is 7.83. The average Bonchev–Trinajstić information content (AvgIpc) is 2.77. The summed E-state index contributed by atoms with van der Waals surface area (Å²) >= 11 is 0. The molecule has 1 aromatic heterocycles. The number of nitrogens with two attached hydrogens (primary N) is 1. The Kier molecular flexibility index (Phi) is 3.16. The first-order valence-electron chi connectivity index (χ1n) is 5.05. The Morgan fingerprint density at radius 3 is 2.88 bits per heavy atom. The number of nitrogens with one attached hydrogen (secondary N) is 1. The molecule has 3 N–H and O–H groups in total. The SMILES string of the molecule is COc1ccccc1Cc1nc(CN)n[nH]1. The number of hydrogen-bond donors (Lipinski definition) is 2. The van der Waals surface area contributed by atoms with Crippen molar-refractivity contribution in [3.63, 3.8) is 0 Å². The summed E-state index contributed by atoms with van der Waals surface area (Å²) < 4.78 is 5.26. The smallest absolute Gasteiger partial charge is 0.164 e. The monoisotopic (exact) mass is 218 g/mol. The highest BCUT2D eigenvalue weighted by Gasteiger charge is 2.06. The first kappa shape index (κ1) is 10.6. The first-order valence-corrected chi connectivity index (χ1v) is 5.05. The highest BCUT2D eigenvalue weighted by atomic mass is 16.5. The molecule has 0 saturated heterocycles. The van der Waals surface area contributed by atoms with Crippen molar-refractivity contribution in [1.29, 1.82) is 0 Å².